The molecule has 0 N–H and O–H groups in total. The molecule has 4 rings (SSSR count). The molecule has 0 aromatic heterocycles. The Morgan fingerprint density at radius 2 is 1.76 bits per heavy atom. The smallest absolute Gasteiger partial charge is 0.284 e. The lowest BCUT2D eigenvalue weighted by Crippen LogP contribution is -2.29. The number of sulfonamides is 1. The number of hydrogen-bond donors (Lipinski definition) is 0. The van der Waals surface area contributed by atoms with Crippen LogP contribution in [0.25, 0.3) is 6.08 Å². The van der Waals surface area contributed by atoms with Crippen molar-refractivity contribution in [3.8, 4) is 11.5 Å². The summed E-state index contributed by atoms with van der Waals surface area (Å²) < 4.78 is 40.9. The van der Waals surface area contributed by atoms with Gasteiger partial charge in [0.25, 0.3) is 15.9 Å². The first-order valence-electron chi connectivity index (χ1n) is 11.1. The van der Waals surface area contributed by atoms with Crippen LogP contribution in [-0.4, -0.2) is 38.0 Å². The van der Waals surface area contributed by atoms with Crippen molar-refractivity contribution in [2.45, 2.75) is 18.4 Å². The highest BCUT2D eigenvalue weighted by Crippen LogP contribution is 2.36. The van der Waals surface area contributed by atoms with Gasteiger partial charge in [-0.25, -0.2) is 0 Å². The number of rotatable bonds is 8. The third kappa shape index (κ3) is 6.30. The Labute approximate surface area is 229 Å². The van der Waals surface area contributed by atoms with Gasteiger partial charge in [-0.2, -0.15) is 8.42 Å². The molecule has 1 saturated heterocycles. The summed E-state index contributed by atoms with van der Waals surface area (Å²) in [6.07, 6.45) is 1.66. The molecule has 1 amide bonds. The molecule has 11 heteroatoms. The lowest BCUT2D eigenvalue weighted by molar-refractivity contribution is -0.122. The Hall–Kier alpha value is -2.98. The molecule has 0 unspecified atom stereocenters. The van der Waals surface area contributed by atoms with Gasteiger partial charge in [0.05, 0.1) is 16.9 Å². The van der Waals surface area contributed by atoms with Crippen LogP contribution in [-0.2, 0) is 21.4 Å². The number of nitrogens with zero attached hydrogens (tertiary/aromatic N) is 2. The van der Waals surface area contributed by atoms with Crippen LogP contribution in [0.3, 0.4) is 0 Å². The van der Waals surface area contributed by atoms with E-state index >= 15 is 0 Å². The minimum absolute atomic E-state index is 0.0111. The van der Waals surface area contributed by atoms with E-state index < -0.39 is 10.0 Å². The van der Waals surface area contributed by atoms with Gasteiger partial charge in [0, 0.05) is 22.2 Å². The van der Waals surface area contributed by atoms with E-state index in [9.17, 15) is 13.2 Å². The largest absolute Gasteiger partial charge is 0.493 e. The number of amidine groups is 1. The third-order valence-corrected chi connectivity index (χ3v) is 8.36. The van der Waals surface area contributed by atoms with E-state index in [0.29, 0.717) is 32.0 Å². The highest BCUT2D eigenvalue weighted by Gasteiger charge is 2.34. The molecule has 3 aromatic carbocycles. The van der Waals surface area contributed by atoms with Crippen molar-refractivity contribution in [2.75, 3.05) is 13.7 Å². The molecule has 0 atom stereocenters. The molecule has 1 heterocycles. The molecule has 37 heavy (non-hydrogen) atoms. The predicted octanol–water partition coefficient (Wildman–Crippen LogP) is 6.26. The number of carbonyl (C=O) groups is 1. The van der Waals surface area contributed by atoms with E-state index in [-0.39, 0.29) is 29.1 Å². The molecule has 192 valence electrons. The molecule has 0 bridgehead atoms. The first-order valence-corrected chi connectivity index (χ1v) is 14.1. The average molecular weight is 578 g/mol. The van der Waals surface area contributed by atoms with Crippen LogP contribution >= 0.6 is 35.0 Å². The second kappa shape index (κ2) is 11.6. The van der Waals surface area contributed by atoms with Gasteiger partial charge in [-0.15, -0.1) is 4.40 Å². The minimum atomic E-state index is -4.03. The molecule has 7 nitrogen and oxygen atoms in total. The fourth-order valence-corrected chi connectivity index (χ4v) is 5.99. The third-order valence-electron chi connectivity index (χ3n) is 5.34. The van der Waals surface area contributed by atoms with Crippen LogP contribution in [0.15, 0.2) is 80.9 Å². The van der Waals surface area contributed by atoms with Crippen molar-refractivity contribution in [3.63, 3.8) is 0 Å². The summed E-state index contributed by atoms with van der Waals surface area (Å²) in [6, 6.07) is 18.3. The van der Waals surface area contributed by atoms with Crippen LogP contribution < -0.4 is 9.47 Å². The summed E-state index contributed by atoms with van der Waals surface area (Å²) in [5, 5.41) is 1.10. The number of ether oxygens (including phenoxy) is 2. The van der Waals surface area contributed by atoms with E-state index in [4.69, 9.17) is 32.7 Å². The topological polar surface area (TPSA) is 85.3 Å². The lowest BCUT2D eigenvalue weighted by Gasteiger charge is -2.12. The first kappa shape index (κ1) is 27.1. The molecule has 1 aliphatic rings. The number of thioether (sulfide) groups is 1. The fourth-order valence-electron chi connectivity index (χ4n) is 3.43. The number of methoxy groups -OCH3 is 1. The van der Waals surface area contributed by atoms with Crippen LogP contribution in [0.1, 0.15) is 18.1 Å². The molecular weight excluding hydrogens is 555 g/mol. The molecule has 3 aromatic rings. The summed E-state index contributed by atoms with van der Waals surface area (Å²) in [5.74, 6) is 0.653. The predicted molar refractivity (Wildman–Crippen MR) is 148 cm³/mol. The van der Waals surface area contributed by atoms with Gasteiger partial charge in [0.2, 0.25) is 0 Å². The monoisotopic (exact) mass is 576 g/mol. The number of benzene rings is 3. The van der Waals surface area contributed by atoms with Crippen LogP contribution in [0.4, 0.5) is 0 Å². The summed E-state index contributed by atoms with van der Waals surface area (Å²) in [7, 11) is -2.51. The van der Waals surface area contributed by atoms with E-state index in [0.717, 1.165) is 17.3 Å². The van der Waals surface area contributed by atoms with E-state index in [1.165, 1.54) is 36.3 Å². The van der Waals surface area contributed by atoms with Gasteiger partial charge in [-0.05, 0) is 72.8 Å². The summed E-state index contributed by atoms with van der Waals surface area (Å²) in [6.45, 7) is 2.27. The van der Waals surface area contributed by atoms with Crippen molar-refractivity contribution >= 4 is 62.1 Å². The SMILES string of the molecule is CCN1C(=O)/C(=C/c2ccc(OCc3ccccc3Cl)c(OC)c2)S/C1=N/S(=O)(=O)c1ccc(Cl)cc1. The quantitative estimate of drug-likeness (QED) is 0.294. The fraction of sp³-hybridized carbons (Fsp3) is 0.154. The zero-order valence-corrected chi connectivity index (χ0v) is 23.0. The van der Waals surface area contributed by atoms with Crippen molar-refractivity contribution < 1.29 is 22.7 Å². The Morgan fingerprint density at radius 3 is 2.43 bits per heavy atom. The number of hydrogen-bond acceptors (Lipinski definition) is 6. The second-order valence-corrected chi connectivity index (χ2v) is 11.2. The highest BCUT2D eigenvalue weighted by molar-refractivity contribution is 8.19. The maximum absolute atomic E-state index is 13.0. The van der Waals surface area contributed by atoms with E-state index in [2.05, 4.69) is 4.40 Å². The molecule has 1 aliphatic heterocycles. The molecule has 0 radical (unpaired) electrons. The summed E-state index contributed by atoms with van der Waals surface area (Å²) >= 11 is 13.1. The zero-order valence-electron chi connectivity index (χ0n) is 19.9. The molecular formula is C26H22Cl2N2O5S2. The molecule has 1 fully saturated rings. The van der Waals surface area contributed by atoms with E-state index in [1.807, 2.05) is 18.2 Å². The van der Waals surface area contributed by atoms with Gasteiger partial charge in [-0.3, -0.25) is 9.69 Å². The Kier molecular flexibility index (Phi) is 8.49. The maximum Gasteiger partial charge on any atom is 0.284 e. The minimum Gasteiger partial charge on any atom is -0.493 e. The standard InChI is InChI=1S/C26H22Cl2N2O5S2/c1-3-30-25(31)24(36-26(30)29-37(32,33)20-11-9-19(27)10-12-20)15-17-8-13-22(23(14-17)34-2)35-16-18-6-4-5-7-21(18)28/h4-15H,3,16H2,1-2H3/b24-15-,29-26+. The van der Waals surface area contributed by atoms with Gasteiger partial charge in [-0.1, -0.05) is 47.5 Å². The summed E-state index contributed by atoms with van der Waals surface area (Å²) in [4.78, 5) is 14.6. The second-order valence-electron chi connectivity index (χ2n) is 7.75. The van der Waals surface area contributed by atoms with Crippen LogP contribution in [0.2, 0.25) is 10.0 Å². The van der Waals surface area contributed by atoms with Crippen LogP contribution in [0.5, 0.6) is 11.5 Å². The summed E-state index contributed by atoms with van der Waals surface area (Å²) in [5.41, 5.74) is 1.51. The van der Waals surface area contributed by atoms with Gasteiger partial charge >= 0.3 is 0 Å². The van der Waals surface area contributed by atoms with Gasteiger partial charge in [0.1, 0.15) is 6.61 Å². The van der Waals surface area contributed by atoms with Gasteiger partial charge < -0.3 is 9.47 Å². The number of likely N-dealkylation sites (N-methyl/N-ethyl adjacent to an activating group) is 1. The first-order chi connectivity index (χ1) is 17.7. The van der Waals surface area contributed by atoms with Crippen LogP contribution in [0, 0.1) is 0 Å². The van der Waals surface area contributed by atoms with Crippen molar-refractivity contribution in [1.29, 1.82) is 0 Å². The van der Waals surface area contributed by atoms with Crippen molar-refractivity contribution in [1.82, 2.24) is 4.90 Å². The Morgan fingerprint density at radius 1 is 1.03 bits per heavy atom. The molecule has 0 aliphatic carbocycles. The number of carbonyl (C=O) groups excluding carboxylic acids is 1. The number of halogens is 2. The Balaban J connectivity index is 1.57. The lowest BCUT2D eigenvalue weighted by atomic mass is 10.1. The number of amides is 1. The highest BCUT2D eigenvalue weighted by atomic mass is 35.5. The van der Waals surface area contributed by atoms with Crippen molar-refractivity contribution in [2.24, 2.45) is 4.40 Å². The van der Waals surface area contributed by atoms with E-state index in [1.54, 1.807) is 37.3 Å². The average Bonchev–Trinajstić information content (AvgIpc) is 3.16. The molecule has 0 saturated carbocycles. The normalized spacial score (nSPS) is 16.0. The van der Waals surface area contributed by atoms with Gasteiger partial charge in [0.15, 0.2) is 16.7 Å². The Bertz CT molecular complexity index is 1490. The zero-order chi connectivity index (χ0) is 26.6. The molecule has 0 spiro atoms. The maximum atomic E-state index is 13.0. The van der Waals surface area contributed by atoms with Crippen molar-refractivity contribution in [3.05, 3.63) is 92.8 Å².